The van der Waals surface area contributed by atoms with E-state index in [1.807, 2.05) is 0 Å². The standard InChI is InChI=1S/C31H50O3/c1-19(2)20-10-15-31(25(34)18-32)17-16-29(6)21(26(20)31)8-9-23-28(5)13-12-24(33)27(3,4)22(28)11-14-30(23,29)7/h20-24,26,32-33H,1,8-18H2,2-7H3/t20-,21+,22-,23+,24-,26+,28-,29+,30+,31+/m0/s1. The molecule has 5 rings (SSSR count). The quantitative estimate of drug-likeness (QED) is 0.459. The van der Waals surface area contributed by atoms with E-state index in [1.165, 1.54) is 31.3 Å². The molecule has 3 heteroatoms. The summed E-state index contributed by atoms with van der Waals surface area (Å²) in [4.78, 5) is 13.3. The van der Waals surface area contributed by atoms with Crippen molar-refractivity contribution < 1.29 is 15.0 Å². The number of Topliss-reactive ketones (excluding diaryl/α,β-unsaturated/α-hetero) is 1. The first kappa shape index (κ1) is 25.0. The van der Waals surface area contributed by atoms with E-state index >= 15 is 0 Å². The van der Waals surface area contributed by atoms with Gasteiger partial charge in [-0.25, -0.2) is 0 Å². The number of carbonyl (C=O) groups excluding carboxylic acids is 1. The summed E-state index contributed by atoms with van der Waals surface area (Å²) in [7, 11) is 0. The predicted octanol–water partition coefficient (Wildman–Crippen LogP) is 6.57. The molecule has 5 saturated carbocycles. The van der Waals surface area contributed by atoms with Gasteiger partial charge in [0.15, 0.2) is 5.78 Å². The lowest BCUT2D eigenvalue weighted by molar-refractivity contribution is -0.246. The van der Waals surface area contributed by atoms with E-state index in [0.717, 1.165) is 38.5 Å². The molecule has 0 amide bonds. The van der Waals surface area contributed by atoms with Gasteiger partial charge < -0.3 is 10.2 Å². The van der Waals surface area contributed by atoms with Gasteiger partial charge >= 0.3 is 0 Å². The van der Waals surface area contributed by atoms with E-state index in [2.05, 4.69) is 48.1 Å². The predicted molar refractivity (Wildman–Crippen MR) is 137 cm³/mol. The zero-order chi connectivity index (χ0) is 24.9. The first-order valence-corrected chi connectivity index (χ1v) is 14.3. The lowest BCUT2D eigenvalue weighted by atomic mass is 9.32. The Morgan fingerprint density at radius 3 is 2.21 bits per heavy atom. The summed E-state index contributed by atoms with van der Waals surface area (Å²) in [6.07, 6.45) is 10.9. The van der Waals surface area contributed by atoms with Crippen LogP contribution in [0.5, 0.6) is 0 Å². The molecular weight excluding hydrogens is 420 g/mol. The molecule has 0 bridgehead atoms. The van der Waals surface area contributed by atoms with Crippen LogP contribution in [-0.2, 0) is 4.79 Å². The van der Waals surface area contributed by atoms with Gasteiger partial charge in [-0.3, -0.25) is 4.79 Å². The van der Waals surface area contributed by atoms with Crippen LogP contribution in [0, 0.1) is 56.7 Å². The molecule has 0 spiro atoms. The molecule has 0 heterocycles. The summed E-state index contributed by atoms with van der Waals surface area (Å²) in [5.41, 5.74) is 1.65. The third-order valence-electron chi connectivity index (χ3n) is 13.7. The Bertz CT molecular complexity index is 876. The van der Waals surface area contributed by atoms with Crippen molar-refractivity contribution in [2.45, 2.75) is 112 Å². The molecular formula is C31H50O3. The monoisotopic (exact) mass is 470 g/mol. The van der Waals surface area contributed by atoms with Crippen LogP contribution in [0.15, 0.2) is 12.2 Å². The highest BCUT2D eigenvalue weighted by Crippen LogP contribution is 2.77. The molecule has 5 aliphatic carbocycles. The topological polar surface area (TPSA) is 57.5 Å². The molecule has 3 nitrogen and oxygen atoms in total. The second-order valence-corrected chi connectivity index (χ2v) is 14.8. The first-order chi connectivity index (χ1) is 15.8. The van der Waals surface area contributed by atoms with Crippen LogP contribution in [0.3, 0.4) is 0 Å². The van der Waals surface area contributed by atoms with Crippen molar-refractivity contribution in [1.29, 1.82) is 0 Å². The first-order valence-electron chi connectivity index (χ1n) is 14.3. The lowest BCUT2D eigenvalue weighted by Crippen LogP contribution is -2.67. The Kier molecular flexibility index (Phi) is 5.64. The molecule has 34 heavy (non-hydrogen) atoms. The summed E-state index contributed by atoms with van der Waals surface area (Å²) in [6.45, 7) is 18.7. The molecule has 0 saturated heterocycles. The minimum absolute atomic E-state index is 0.0160. The number of aliphatic hydroxyl groups excluding tert-OH is 2. The smallest absolute Gasteiger partial charge is 0.164 e. The van der Waals surface area contributed by atoms with Gasteiger partial charge in [0, 0.05) is 5.41 Å². The average Bonchev–Trinajstić information content (AvgIpc) is 3.18. The maximum atomic E-state index is 13.3. The number of ketones is 1. The van der Waals surface area contributed by atoms with E-state index in [0.29, 0.717) is 29.6 Å². The fraction of sp³-hybridized carbons (Fsp3) is 0.903. The van der Waals surface area contributed by atoms with E-state index in [1.54, 1.807) is 0 Å². The Morgan fingerprint density at radius 1 is 0.853 bits per heavy atom. The van der Waals surface area contributed by atoms with Crippen molar-refractivity contribution in [3.05, 3.63) is 12.2 Å². The molecule has 0 aromatic carbocycles. The normalized spacial score (nSPS) is 53.8. The third-order valence-corrected chi connectivity index (χ3v) is 13.7. The summed E-state index contributed by atoms with van der Waals surface area (Å²) in [5, 5.41) is 20.9. The molecule has 0 unspecified atom stereocenters. The Balaban J connectivity index is 1.56. The number of allylic oxidation sites excluding steroid dienone is 1. The van der Waals surface area contributed by atoms with Crippen LogP contribution < -0.4 is 0 Å². The largest absolute Gasteiger partial charge is 0.393 e. The van der Waals surface area contributed by atoms with Crippen molar-refractivity contribution in [2.24, 2.45) is 56.7 Å². The minimum Gasteiger partial charge on any atom is -0.393 e. The lowest BCUT2D eigenvalue weighted by Gasteiger charge is -2.72. The Morgan fingerprint density at radius 2 is 1.56 bits per heavy atom. The SMILES string of the molecule is C=C(C)[C@@H]1CC[C@]2(C(=O)CO)CC[C@]3(C)[C@H](CC[C@@H]4[C@@]5(C)CC[C@H](O)C(C)(C)[C@@H]5CC[C@]43C)[C@@H]12. The van der Waals surface area contributed by atoms with Crippen molar-refractivity contribution in [1.82, 2.24) is 0 Å². The number of rotatable bonds is 3. The summed E-state index contributed by atoms with van der Waals surface area (Å²) in [6, 6.07) is 0. The Labute approximate surface area is 208 Å². The van der Waals surface area contributed by atoms with Gasteiger partial charge in [-0.2, -0.15) is 0 Å². The zero-order valence-corrected chi connectivity index (χ0v) is 22.8. The zero-order valence-electron chi connectivity index (χ0n) is 22.8. The molecule has 5 aliphatic rings. The van der Waals surface area contributed by atoms with Gasteiger partial charge in [-0.05, 0) is 122 Å². The fourth-order valence-electron chi connectivity index (χ4n) is 11.8. The van der Waals surface area contributed by atoms with Crippen LogP contribution in [0.25, 0.3) is 0 Å². The van der Waals surface area contributed by atoms with Gasteiger partial charge in [-0.1, -0.05) is 46.8 Å². The van der Waals surface area contributed by atoms with Gasteiger partial charge in [0.25, 0.3) is 0 Å². The second kappa shape index (κ2) is 7.67. The summed E-state index contributed by atoms with van der Waals surface area (Å²) >= 11 is 0. The number of hydrogen-bond donors (Lipinski definition) is 2. The third kappa shape index (κ3) is 2.86. The number of aliphatic hydroxyl groups is 2. The molecule has 0 aromatic heterocycles. The second-order valence-electron chi connectivity index (χ2n) is 14.8. The van der Waals surface area contributed by atoms with Crippen molar-refractivity contribution in [2.75, 3.05) is 6.61 Å². The van der Waals surface area contributed by atoms with E-state index in [9.17, 15) is 15.0 Å². The van der Waals surface area contributed by atoms with Crippen molar-refractivity contribution in [3.63, 3.8) is 0 Å². The average molecular weight is 471 g/mol. The highest BCUT2D eigenvalue weighted by Gasteiger charge is 2.71. The molecule has 5 fully saturated rings. The van der Waals surface area contributed by atoms with Crippen molar-refractivity contribution >= 4 is 5.78 Å². The minimum atomic E-state index is -0.330. The summed E-state index contributed by atoms with van der Waals surface area (Å²) < 4.78 is 0. The molecule has 192 valence electrons. The van der Waals surface area contributed by atoms with Crippen LogP contribution in [0.2, 0.25) is 0 Å². The summed E-state index contributed by atoms with van der Waals surface area (Å²) in [5.74, 6) is 2.65. The number of carbonyl (C=O) groups is 1. The maximum absolute atomic E-state index is 13.3. The van der Waals surface area contributed by atoms with E-state index in [4.69, 9.17) is 0 Å². The van der Waals surface area contributed by atoms with Crippen LogP contribution in [0.4, 0.5) is 0 Å². The number of fused-ring (bicyclic) bond motifs is 7. The van der Waals surface area contributed by atoms with Crippen LogP contribution in [0.1, 0.15) is 106 Å². The van der Waals surface area contributed by atoms with E-state index < -0.39 is 0 Å². The van der Waals surface area contributed by atoms with Crippen molar-refractivity contribution in [3.8, 4) is 0 Å². The van der Waals surface area contributed by atoms with Crippen LogP contribution in [-0.4, -0.2) is 28.7 Å². The molecule has 0 aliphatic heterocycles. The molecule has 2 N–H and O–H groups in total. The molecule has 0 aromatic rings. The van der Waals surface area contributed by atoms with Gasteiger partial charge in [0.1, 0.15) is 6.61 Å². The highest BCUT2D eigenvalue weighted by molar-refractivity contribution is 5.87. The van der Waals surface area contributed by atoms with Gasteiger partial charge in [0.2, 0.25) is 0 Å². The fourth-order valence-corrected chi connectivity index (χ4v) is 11.8. The molecule has 0 radical (unpaired) electrons. The van der Waals surface area contributed by atoms with Gasteiger partial charge in [0.05, 0.1) is 6.10 Å². The number of hydrogen-bond acceptors (Lipinski definition) is 3. The maximum Gasteiger partial charge on any atom is 0.164 e. The Hall–Kier alpha value is -0.670. The van der Waals surface area contributed by atoms with Crippen LogP contribution >= 0.6 is 0 Å². The van der Waals surface area contributed by atoms with Gasteiger partial charge in [-0.15, -0.1) is 0 Å². The highest BCUT2D eigenvalue weighted by atomic mass is 16.3. The molecule has 10 atom stereocenters. The van der Waals surface area contributed by atoms with E-state index in [-0.39, 0.29) is 45.6 Å².